The lowest BCUT2D eigenvalue weighted by atomic mass is 10.0. The van der Waals surface area contributed by atoms with Gasteiger partial charge in [0, 0.05) is 18.5 Å². The van der Waals surface area contributed by atoms with Crippen LogP contribution in [0.15, 0.2) is 18.2 Å². The van der Waals surface area contributed by atoms with Gasteiger partial charge in [-0.25, -0.2) is 22.4 Å². The summed E-state index contributed by atoms with van der Waals surface area (Å²) in [7, 11) is -4.06. The monoisotopic (exact) mass is 775 g/mol. The summed E-state index contributed by atoms with van der Waals surface area (Å²) in [4.78, 5) is 71.7. The second-order valence-electron chi connectivity index (χ2n) is 17.0. The first-order valence-electron chi connectivity index (χ1n) is 19.3. The van der Waals surface area contributed by atoms with Gasteiger partial charge in [-0.05, 0) is 76.3 Å². The lowest BCUT2D eigenvalue weighted by molar-refractivity contribution is -0.141. The van der Waals surface area contributed by atoms with Crippen LogP contribution in [0.5, 0.6) is 0 Å². The largest absolute Gasteiger partial charge is 0.444 e. The molecule has 0 aromatic heterocycles. The van der Waals surface area contributed by atoms with E-state index in [1.54, 1.807) is 32.9 Å². The first kappa shape index (κ1) is 39.7. The van der Waals surface area contributed by atoms with E-state index in [0.717, 1.165) is 25.7 Å². The van der Waals surface area contributed by atoms with E-state index in [1.807, 2.05) is 13.8 Å². The van der Waals surface area contributed by atoms with Gasteiger partial charge in [-0.1, -0.05) is 58.1 Å². The van der Waals surface area contributed by atoms with Crippen molar-refractivity contribution in [3.63, 3.8) is 0 Å². The van der Waals surface area contributed by atoms with E-state index in [2.05, 4.69) is 15.4 Å². The van der Waals surface area contributed by atoms with Crippen LogP contribution in [0, 0.1) is 17.7 Å². The van der Waals surface area contributed by atoms with Crippen LogP contribution in [-0.4, -0.2) is 88.7 Å². The standard InChI is InChI=1S/C38H54FN5O9S/c1-23(2)37(16-17-37)54(50,51)42-33(47)38-19-25(38)13-9-7-6-8-10-15-29(40-34(48)53-36(3,4)5)32(46)44-21-26(18-30(44)31(45)41-38)52-35(49)43-20-24-12-11-14-28(39)27(24)22-43/h11-12,14,23,25-26,29-30H,6-10,13,15-22H2,1-5H3,(H,40,48)(H,41,45)(H,42,47)/t25-,26-,29+,30+,38-/m1/s1. The van der Waals surface area contributed by atoms with E-state index in [9.17, 15) is 36.8 Å². The summed E-state index contributed by atoms with van der Waals surface area (Å²) in [6, 6.07) is 2.34. The number of ether oxygens (including phenoxy) is 2. The molecule has 4 fully saturated rings. The summed E-state index contributed by atoms with van der Waals surface area (Å²) in [5, 5.41) is 5.56. The fourth-order valence-corrected chi connectivity index (χ4v) is 10.2. The van der Waals surface area contributed by atoms with E-state index >= 15 is 0 Å². The van der Waals surface area contributed by atoms with Gasteiger partial charge < -0.3 is 25.0 Å². The maximum absolute atomic E-state index is 14.5. The summed E-state index contributed by atoms with van der Waals surface area (Å²) in [5.74, 6) is -3.02. The van der Waals surface area contributed by atoms with Crippen LogP contribution in [-0.2, 0) is 47.0 Å². The number of carbonyl (C=O) groups is 5. The zero-order chi connectivity index (χ0) is 39.2. The maximum Gasteiger partial charge on any atom is 0.410 e. The minimum absolute atomic E-state index is 0.00201. The van der Waals surface area contributed by atoms with E-state index in [1.165, 1.54) is 15.9 Å². The number of hydrogen-bond acceptors (Lipinski definition) is 9. The Morgan fingerprint density at radius 3 is 2.35 bits per heavy atom. The zero-order valence-corrected chi connectivity index (χ0v) is 32.7. The number of halogens is 1. The van der Waals surface area contributed by atoms with Crippen molar-refractivity contribution < 1.29 is 46.3 Å². The van der Waals surface area contributed by atoms with Crippen LogP contribution >= 0.6 is 0 Å². The molecule has 2 saturated heterocycles. The zero-order valence-electron chi connectivity index (χ0n) is 31.9. The number of nitrogens with zero attached hydrogens (tertiary/aromatic N) is 2. The van der Waals surface area contributed by atoms with Crippen LogP contribution in [0.2, 0.25) is 0 Å². The van der Waals surface area contributed by atoms with Gasteiger partial charge in [0.1, 0.15) is 35.1 Å². The number of rotatable bonds is 6. The third-order valence-corrected chi connectivity index (χ3v) is 14.2. The third kappa shape index (κ3) is 8.18. The minimum atomic E-state index is -4.06. The third-order valence-electron chi connectivity index (χ3n) is 11.7. The topological polar surface area (TPSA) is 181 Å². The minimum Gasteiger partial charge on any atom is -0.444 e. The summed E-state index contributed by atoms with van der Waals surface area (Å²) >= 11 is 0. The molecule has 16 heteroatoms. The Morgan fingerprint density at radius 2 is 1.70 bits per heavy atom. The van der Waals surface area contributed by atoms with Gasteiger partial charge >= 0.3 is 12.2 Å². The van der Waals surface area contributed by atoms with Crippen molar-refractivity contribution in [1.82, 2.24) is 25.2 Å². The average molecular weight is 776 g/mol. The predicted molar refractivity (Wildman–Crippen MR) is 194 cm³/mol. The van der Waals surface area contributed by atoms with Gasteiger partial charge in [-0.2, -0.15) is 0 Å². The van der Waals surface area contributed by atoms with Gasteiger partial charge in [0.05, 0.1) is 17.8 Å². The summed E-state index contributed by atoms with van der Waals surface area (Å²) < 4.78 is 54.1. The fraction of sp³-hybridized carbons (Fsp3) is 0.711. The van der Waals surface area contributed by atoms with Crippen molar-refractivity contribution in [2.24, 2.45) is 11.8 Å². The molecule has 0 spiro atoms. The van der Waals surface area contributed by atoms with Gasteiger partial charge in [0.25, 0.3) is 5.91 Å². The highest BCUT2D eigenvalue weighted by Gasteiger charge is 2.64. The molecule has 2 aliphatic carbocycles. The quantitative estimate of drug-likeness (QED) is 0.378. The Kier molecular flexibility index (Phi) is 11.0. The molecular formula is C38H54FN5O9S. The Hall–Kier alpha value is -3.95. The maximum atomic E-state index is 14.5. The molecule has 54 heavy (non-hydrogen) atoms. The molecule has 0 bridgehead atoms. The number of carbonyl (C=O) groups excluding carboxylic acids is 5. The molecule has 3 N–H and O–H groups in total. The predicted octanol–water partition coefficient (Wildman–Crippen LogP) is 4.39. The number of benzene rings is 1. The highest BCUT2D eigenvalue weighted by atomic mass is 32.2. The van der Waals surface area contributed by atoms with Crippen molar-refractivity contribution in [2.75, 3.05) is 6.54 Å². The second kappa shape index (κ2) is 14.9. The average Bonchev–Trinajstić information content (AvgIpc) is 3.93. The smallest absolute Gasteiger partial charge is 0.410 e. The van der Waals surface area contributed by atoms with E-state index in [4.69, 9.17) is 9.47 Å². The first-order chi connectivity index (χ1) is 25.4. The Bertz CT molecular complexity index is 1780. The van der Waals surface area contributed by atoms with Crippen molar-refractivity contribution in [2.45, 2.75) is 152 Å². The van der Waals surface area contributed by atoms with E-state index in [0.29, 0.717) is 36.8 Å². The molecule has 5 amide bonds. The Morgan fingerprint density at radius 1 is 1.02 bits per heavy atom. The van der Waals surface area contributed by atoms with E-state index < -0.39 is 79.8 Å². The number of hydrogen-bond donors (Lipinski definition) is 3. The number of alkyl carbamates (subject to hydrolysis) is 1. The molecule has 3 heterocycles. The molecule has 0 radical (unpaired) electrons. The Labute approximate surface area is 316 Å². The highest BCUT2D eigenvalue weighted by molar-refractivity contribution is 7.91. The SMILES string of the molecule is CC(C)C1(S(=O)(=O)NC(=O)[C@@]23C[C@H]2CCCCCCC[C@H](NC(=O)OC(C)(C)C)C(=O)N2C[C@H](OC(=O)N4Cc5cccc(F)c5C4)C[C@H]2C(=O)N3)CC1. The van der Waals surface area contributed by atoms with Crippen LogP contribution in [0.25, 0.3) is 0 Å². The normalized spacial score (nSPS) is 28.4. The molecular weight excluding hydrogens is 722 g/mol. The molecule has 1 aromatic carbocycles. The Balaban J connectivity index is 1.25. The molecule has 3 aliphatic heterocycles. The van der Waals surface area contributed by atoms with Crippen LogP contribution in [0.3, 0.4) is 0 Å². The lowest BCUT2D eigenvalue weighted by Crippen LogP contribution is -2.59. The molecule has 14 nitrogen and oxygen atoms in total. The van der Waals surface area contributed by atoms with Crippen LogP contribution < -0.4 is 15.4 Å². The summed E-state index contributed by atoms with van der Waals surface area (Å²) in [6.07, 6.45) is 3.19. The van der Waals surface area contributed by atoms with Crippen LogP contribution in [0.4, 0.5) is 14.0 Å². The number of amides is 5. The molecule has 6 rings (SSSR count). The molecule has 5 aliphatic rings. The number of nitrogens with one attached hydrogen (secondary N) is 3. The lowest BCUT2D eigenvalue weighted by Gasteiger charge is -2.30. The van der Waals surface area contributed by atoms with E-state index in [-0.39, 0.29) is 50.7 Å². The van der Waals surface area contributed by atoms with Gasteiger partial charge in [-0.3, -0.25) is 24.0 Å². The first-order valence-corrected chi connectivity index (χ1v) is 20.7. The van der Waals surface area contributed by atoms with Gasteiger partial charge in [0.2, 0.25) is 21.8 Å². The second-order valence-corrected chi connectivity index (χ2v) is 19.1. The molecule has 2 saturated carbocycles. The van der Waals surface area contributed by atoms with Crippen molar-refractivity contribution >= 4 is 39.9 Å². The van der Waals surface area contributed by atoms with Crippen LogP contribution in [0.1, 0.15) is 116 Å². The number of fused-ring (bicyclic) bond motifs is 3. The molecule has 1 aromatic rings. The van der Waals surface area contributed by atoms with Crippen molar-refractivity contribution in [1.29, 1.82) is 0 Å². The summed E-state index contributed by atoms with van der Waals surface area (Å²) in [6.45, 7) is 8.67. The van der Waals surface area contributed by atoms with Gasteiger partial charge in [0.15, 0.2) is 0 Å². The summed E-state index contributed by atoms with van der Waals surface area (Å²) in [5.41, 5.74) is -1.29. The number of sulfonamides is 1. The molecule has 0 unspecified atom stereocenters. The van der Waals surface area contributed by atoms with Crippen molar-refractivity contribution in [3.05, 3.63) is 35.1 Å². The fourth-order valence-electron chi connectivity index (χ4n) is 8.34. The molecule has 5 atom stereocenters. The highest BCUT2D eigenvalue weighted by Crippen LogP contribution is 2.51. The van der Waals surface area contributed by atoms with Crippen molar-refractivity contribution in [3.8, 4) is 0 Å². The molecule has 298 valence electrons. The van der Waals surface area contributed by atoms with Gasteiger partial charge in [-0.15, -0.1) is 0 Å².